The van der Waals surface area contributed by atoms with Gasteiger partial charge in [0.15, 0.2) is 0 Å². The van der Waals surface area contributed by atoms with Crippen molar-refractivity contribution in [2.45, 2.75) is 26.7 Å². The average Bonchev–Trinajstić information content (AvgIpc) is 3.09. The minimum absolute atomic E-state index is 0.199. The number of nitrogens with zero attached hydrogens (tertiary/aromatic N) is 1. The van der Waals surface area contributed by atoms with Crippen molar-refractivity contribution in [2.75, 3.05) is 19.8 Å². The molecular formula is C29H29NO4. The first kappa shape index (κ1) is 23.3. The summed E-state index contributed by atoms with van der Waals surface area (Å²) in [5.41, 5.74) is 4.13. The number of rotatable bonds is 10. The van der Waals surface area contributed by atoms with Crippen LogP contribution in [0.25, 0.3) is 12.2 Å². The van der Waals surface area contributed by atoms with Gasteiger partial charge in [0.2, 0.25) is 0 Å². The molecule has 0 aromatic heterocycles. The number of carbonyl (C=O) groups is 2. The van der Waals surface area contributed by atoms with Crippen LogP contribution < -0.4 is 9.47 Å². The second-order valence-corrected chi connectivity index (χ2v) is 8.02. The van der Waals surface area contributed by atoms with E-state index in [0.29, 0.717) is 37.3 Å². The molecule has 0 radical (unpaired) electrons. The summed E-state index contributed by atoms with van der Waals surface area (Å²) >= 11 is 0. The summed E-state index contributed by atoms with van der Waals surface area (Å²) in [4.78, 5) is 26.4. The van der Waals surface area contributed by atoms with Crippen molar-refractivity contribution < 1.29 is 19.1 Å². The van der Waals surface area contributed by atoms with Crippen LogP contribution in [0.4, 0.5) is 0 Å². The lowest BCUT2D eigenvalue weighted by Gasteiger charge is -2.13. The van der Waals surface area contributed by atoms with Gasteiger partial charge in [0.25, 0.3) is 11.8 Å². The van der Waals surface area contributed by atoms with Crippen LogP contribution in [0.2, 0.25) is 0 Å². The highest BCUT2D eigenvalue weighted by Crippen LogP contribution is 2.31. The van der Waals surface area contributed by atoms with Crippen molar-refractivity contribution in [2.24, 2.45) is 0 Å². The predicted octanol–water partition coefficient (Wildman–Crippen LogP) is 5.88. The Morgan fingerprint density at radius 2 is 1.38 bits per heavy atom. The van der Waals surface area contributed by atoms with E-state index in [-0.39, 0.29) is 11.8 Å². The molecule has 0 spiro atoms. The van der Waals surface area contributed by atoms with Crippen LogP contribution >= 0.6 is 0 Å². The molecule has 34 heavy (non-hydrogen) atoms. The zero-order valence-electron chi connectivity index (χ0n) is 19.6. The van der Waals surface area contributed by atoms with Crippen molar-refractivity contribution in [1.29, 1.82) is 0 Å². The summed E-state index contributed by atoms with van der Waals surface area (Å²) in [6.45, 7) is 5.50. The maximum Gasteiger partial charge on any atom is 0.261 e. The summed E-state index contributed by atoms with van der Waals surface area (Å²) in [7, 11) is 0. The number of aryl methyl sites for hydroxylation is 1. The Balaban J connectivity index is 1.42. The third-order valence-electron chi connectivity index (χ3n) is 5.74. The maximum absolute atomic E-state index is 12.5. The predicted molar refractivity (Wildman–Crippen MR) is 134 cm³/mol. The Hall–Kier alpha value is -3.86. The average molecular weight is 456 g/mol. The van der Waals surface area contributed by atoms with Gasteiger partial charge in [-0.1, -0.05) is 48.5 Å². The molecule has 174 valence electrons. The standard InChI is InChI=1S/C29H29NO4/c1-3-33-26-15-8-16-27(34-4-2)25(26)18-17-22-11-7-10-21(20-22)12-9-19-30-28(31)23-13-5-6-14-24(23)29(30)32/h5-8,10-11,13-18,20H,3-4,9,12,19H2,1-2H3/b18-17+. The molecule has 1 aliphatic heterocycles. The lowest BCUT2D eigenvalue weighted by molar-refractivity contribution is 0.0652. The van der Waals surface area contributed by atoms with E-state index in [1.807, 2.05) is 56.3 Å². The van der Waals surface area contributed by atoms with Crippen LogP contribution in [0.15, 0.2) is 66.7 Å². The molecule has 4 rings (SSSR count). The highest BCUT2D eigenvalue weighted by Gasteiger charge is 2.34. The van der Waals surface area contributed by atoms with Crippen LogP contribution in [-0.2, 0) is 6.42 Å². The van der Waals surface area contributed by atoms with Gasteiger partial charge in [0.05, 0.1) is 29.9 Å². The fourth-order valence-corrected chi connectivity index (χ4v) is 4.17. The first-order valence-corrected chi connectivity index (χ1v) is 11.7. The van der Waals surface area contributed by atoms with Gasteiger partial charge >= 0.3 is 0 Å². The monoisotopic (exact) mass is 455 g/mol. The van der Waals surface area contributed by atoms with Crippen LogP contribution in [0.5, 0.6) is 11.5 Å². The summed E-state index contributed by atoms with van der Waals surface area (Å²) in [5, 5.41) is 0. The Morgan fingerprint density at radius 1 is 0.765 bits per heavy atom. The zero-order chi connectivity index (χ0) is 23.9. The van der Waals surface area contributed by atoms with E-state index in [9.17, 15) is 9.59 Å². The molecule has 0 saturated carbocycles. The highest BCUT2D eigenvalue weighted by atomic mass is 16.5. The highest BCUT2D eigenvalue weighted by molar-refractivity contribution is 6.21. The van der Waals surface area contributed by atoms with Gasteiger partial charge in [-0.2, -0.15) is 0 Å². The SMILES string of the molecule is CCOc1cccc(OCC)c1/C=C/c1cccc(CCCN2C(=O)c3ccccc3C2=O)c1. The van der Waals surface area contributed by atoms with Gasteiger partial charge in [-0.25, -0.2) is 0 Å². The molecule has 0 atom stereocenters. The summed E-state index contributed by atoms with van der Waals surface area (Å²) in [6.07, 6.45) is 5.55. The summed E-state index contributed by atoms with van der Waals surface area (Å²) in [6, 6.07) is 21.1. The molecule has 0 N–H and O–H groups in total. The van der Waals surface area contributed by atoms with E-state index >= 15 is 0 Å². The third kappa shape index (κ3) is 5.04. The van der Waals surface area contributed by atoms with Crippen LogP contribution in [-0.4, -0.2) is 36.5 Å². The molecule has 2 amide bonds. The van der Waals surface area contributed by atoms with Crippen molar-refractivity contribution in [3.63, 3.8) is 0 Å². The number of benzene rings is 3. The van der Waals surface area contributed by atoms with Gasteiger partial charge in [-0.3, -0.25) is 14.5 Å². The Kier molecular flexibility index (Phi) is 7.43. The topological polar surface area (TPSA) is 55.8 Å². The molecule has 0 fully saturated rings. The van der Waals surface area contributed by atoms with E-state index in [0.717, 1.165) is 34.6 Å². The largest absolute Gasteiger partial charge is 0.493 e. The van der Waals surface area contributed by atoms with E-state index in [2.05, 4.69) is 12.1 Å². The Morgan fingerprint density at radius 3 is 2.00 bits per heavy atom. The van der Waals surface area contributed by atoms with Gasteiger partial charge in [-0.05, 0) is 68.2 Å². The summed E-state index contributed by atoms with van der Waals surface area (Å²) < 4.78 is 11.6. The fraction of sp³-hybridized carbons (Fsp3) is 0.241. The molecule has 0 unspecified atom stereocenters. The number of ether oxygens (including phenoxy) is 2. The number of hydrogen-bond donors (Lipinski definition) is 0. The molecule has 3 aromatic carbocycles. The fourth-order valence-electron chi connectivity index (χ4n) is 4.17. The van der Waals surface area contributed by atoms with Crippen molar-refractivity contribution in [1.82, 2.24) is 4.90 Å². The van der Waals surface area contributed by atoms with E-state index < -0.39 is 0 Å². The molecule has 5 heteroatoms. The van der Waals surface area contributed by atoms with Gasteiger partial charge in [-0.15, -0.1) is 0 Å². The number of amides is 2. The molecule has 1 heterocycles. The van der Waals surface area contributed by atoms with Crippen LogP contribution in [0, 0.1) is 0 Å². The summed E-state index contributed by atoms with van der Waals surface area (Å²) in [5.74, 6) is 1.19. The normalized spacial score (nSPS) is 12.9. The first-order valence-electron chi connectivity index (χ1n) is 11.7. The molecule has 0 aliphatic carbocycles. The first-order chi connectivity index (χ1) is 16.6. The lowest BCUT2D eigenvalue weighted by Crippen LogP contribution is -2.30. The minimum atomic E-state index is -0.199. The number of fused-ring (bicyclic) bond motifs is 1. The van der Waals surface area contributed by atoms with E-state index in [4.69, 9.17) is 9.47 Å². The Labute approximate surface area is 200 Å². The molecule has 3 aromatic rings. The second-order valence-electron chi connectivity index (χ2n) is 8.02. The van der Waals surface area contributed by atoms with Crippen LogP contribution in [0.1, 0.15) is 57.7 Å². The van der Waals surface area contributed by atoms with Gasteiger partial charge in [0, 0.05) is 6.54 Å². The zero-order valence-corrected chi connectivity index (χ0v) is 19.6. The molecular weight excluding hydrogens is 426 g/mol. The smallest absolute Gasteiger partial charge is 0.261 e. The Bertz CT molecular complexity index is 1160. The molecule has 0 saturated heterocycles. The quantitative estimate of drug-likeness (QED) is 0.283. The second kappa shape index (κ2) is 10.8. The molecule has 1 aliphatic rings. The lowest BCUT2D eigenvalue weighted by atomic mass is 10.0. The van der Waals surface area contributed by atoms with Gasteiger partial charge < -0.3 is 9.47 Å². The molecule has 5 nitrogen and oxygen atoms in total. The number of carbonyl (C=O) groups excluding carboxylic acids is 2. The van der Waals surface area contributed by atoms with Crippen molar-refractivity contribution >= 4 is 24.0 Å². The number of imide groups is 1. The number of hydrogen-bond acceptors (Lipinski definition) is 4. The minimum Gasteiger partial charge on any atom is -0.493 e. The van der Waals surface area contributed by atoms with Crippen molar-refractivity contribution in [3.8, 4) is 11.5 Å². The van der Waals surface area contributed by atoms with E-state index in [1.165, 1.54) is 4.90 Å². The van der Waals surface area contributed by atoms with E-state index in [1.54, 1.807) is 24.3 Å². The molecule has 0 bridgehead atoms. The maximum atomic E-state index is 12.5. The van der Waals surface area contributed by atoms with Crippen molar-refractivity contribution in [3.05, 3.63) is 94.5 Å². The van der Waals surface area contributed by atoms with Gasteiger partial charge in [0.1, 0.15) is 11.5 Å². The van der Waals surface area contributed by atoms with Crippen LogP contribution in [0.3, 0.4) is 0 Å². The third-order valence-corrected chi connectivity index (χ3v) is 5.74.